The predicted molar refractivity (Wildman–Crippen MR) is 64.9 cm³/mol. The summed E-state index contributed by atoms with van der Waals surface area (Å²) < 4.78 is 0. The lowest BCUT2D eigenvalue weighted by molar-refractivity contribution is -0.142. The van der Waals surface area contributed by atoms with Gasteiger partial charge in [0, 0.05) is 10.9 Å². The number of rotatable bonds is 4. The van der Waals surface area contributed by atoms with Crippen LogP contribution in [0.15, 0.2) is 0 Å². The fraction of sp³-hybridized carbons (Fsp3) is 0.636. The first kappa shape index (κ1) is 13.1. The highest BCUT2D eigenvalue weighted by Gasteiger charge is 2.25. The number of carboxylic acids is 1. The summed E-state index contributed by atoms with van der Waals surface area (Å²) in [6.07, 6.45) is 0. The van der Waals surface area contributed by atoms with Crippen LogP contribution in [0.3, 0.4) is 0 Å². The van der Waals surface area contributed by atoms with Crippen LogP contribution in [0.2, 0.25) is 0 Å². The Morgan fingerprint density at radius 2 is 2.00 bits per heavy atom. The van der Waals surface area contributed by atoms with E-state index < -0.39 is 12.0 Å². The van der Waals surface area contributed by atoms with E-state index in [0.717, 1.165) is 15.6 Å². The minimum Gasteiger partial charge on any atom is -0.480 e. The normalized spacial score (nSPS) is 15.1. The SMILES string of the molecule is Cc1nc(C)c(C(C)N(C)C(C)C(=O)O)s1. The predicted octanol–water partition coefficient (Wildman–Crippen LogP) is 2.23. The number of hydrogen-bond acceptors (Lipinski definition) is 4. The van der Waals surface area contributed by atoms with Crippen LogP contribution in [0.25, 0.3) is 0 Å². The first-order valence-electron chi connectivity index (χ1n) is 5.23. The van der Waals surface area contributed by atoms with Crippen molar-refractivity contribution in [3.05, 3.63) is 15.6 Å². The van der Waals surface area contributed by atoms with Gasteiger partial charge in [-0.3, -0.25) is 9.69 Å². The van der Waals surface area contributed by atoms with Crippen molar-refractivity contribution in [2.75, 3.05) is 7.05 Å². The van der Waals surface area contributed by atoms with Crippen molar-refractivity contribution in [2.24, 2.45) is 0 Å². The number of carbonyl (C=O) groups is 1. The second-order valence-electron chi connectivity index (χ2n) is 4.04. The molecular formula is C11H18N2O2S. The third-order valence-electron chi connectivity index (χ3n) is 2.90. The van der Waals surface area contributed by atoms with Gasteiger partial charge in [-0.25, -0.2) is 4.98 Å². The second-order valence-corrected chi connectivity index (χ2v) is 5.27. The Morgan fingerprint density at radius 3 is 2.38 bits per heavy atom. The zero-order chi connectivity index (χ0) is 12.5. The molecule has 2 unspecified atom stereocenters. The van der Waals surface area contributed by atoms with Gasteiger partial charge in [0.25, 0.3) is 0 Å². The summed E-state index contributed by atoms with van der Waals surface area (Å²) in [5, 5.41) is 9.99. The number of aryl methyl sites for hydroxylation is 2. The maximum atomic E-state index is 10.9. The van der Waals surface area contributed by atoms with E-state index in [0.29, 0.717) is 0 Å². The lowest BCUT2D eigenvalue weighted by atomic mass is 10.1. The van der Waals surface area contributed by atoms with Crippen LogP contribution in [0.5, 0.6) is 0 Å². The Balaban J connectivity index is 2.89. The molecule has 0 aliphatic carbocycles. The van der Waals surface area contributed by atoms with E-state index in [9.17, 15) is 4.79 Å². The van der Waals surface area contributed by atoms with Crippen molar-refractivity contribution in [1.82, 2.24) is 9.88 Å². The number of likely N-dealkylation sites (N-methyl/N-ethyl adjacent to an activating group) is 1. The van der Waals surface area contributed by atoms with Gasteiger partial charge in [0.1, 0.15) is 6.04 Å². The van der Waals surface area contributed by atoms with Crippen LogP contribution in [-0.4, -0.2) is 34.0 Å². The lowest BCUT2D eigenvalue weighted by Gasteiger charge is -2.27. The number of nitrogens with zero attached hydrogens (tertiary/aromatic N) is 2. The maximum absolute atomic E-state index is 10.9. The third kappa shape index (κ3) is 2.59. The Morgan fingerprint density at radius 1 is 1.44 bits per heavy atom. The molecule has 1 aromatic rings. The number of aromatic nitrogens is 1. The highest BCUT2D eigenvalue weighted by atomic mass is 32.1. The van der Waals surface area contributed by atoms with Crippen molar-refractivity contribution in [1.29, 1.82) is 0 Å². The standard InChI is InChI=1S/C11H18N2O2S/c1-6-10(16-9(4)12-6)7(2)13(5)8(3)11(14)15/h7-8H,1-5H3,(H,14,15). The molecule has 2 atom stereocenters. The van der Waals surface area contributed by atoms with Crippen LogP contribution in [0, 0.1) is 13.8 Å². The molecule has 0 amide bonds. The second kappa shape index (κ2) is 4.93. The molecule has 90 valence electrons. The molecule has 0 spiro atoms. The summed E-state index contributed by atoms with van der Waals surface area (Å²) in [7, 11) is 1.83. The fourth-order valence-corrected chi connectivity index (χ4v) is 2.66. The Bertz CT molecular complexity index is 389. The first-order valence-corrected chi connectivity index (χ1v) is 6.05. The lowest BCUT2D eigenvalue weighted by Crippen LogP contribution is -2.37. The smallest absolute Gasteiger partial charge is 0.320 e. The molecule has 0 radical (unpaired) electrons. The van der Waals surface area contributed by atoms with Crippen molar-refractivity contribution in [3.8, 4) is 0 Å². The molecule has 0 bridgehead atoms. The zero-order valence-corrected chi connectivity index (χ0v) is 11.1. The molecule has 16 heavy (non-hydrogen) atoms. The molecule has 1 aromatic heterocycles. The van der Waals surface area contributed by atoms with Crippen LogP contribution < -0.4 is 0 Å². The molecule has 5 heteroatoms. The molecule has 4 nitrogen and oxygen atoms in total. The number of thiazole rings is 1. The van der Waals surface area contributed by atoms with E-state index in [4.69, 9.17) is 5.11 Å². The van der Waals surface area contributed by atoms with Gasteiger partial charge in [-0.15, -0.1) is 11.3 Å². The molecular weight excluding hydrogens is 224 g/mol. The number of hydrogen-bond donors (Lipinski definition) is 1. The van der Waals surface area contributed by atoms with Gasteiger partial charge in [-0.05, 0) is 34.7 Å². The van der Waals surface area contributed by atoms with E-state index in [1.54, 1.807) is 18.3 Å². The fourth-order valence-electron chi connectivity index (χ4n) is 1.63. The minimum absolute atomic E-state index is 0.0808. The zero-order valence-electron chi connectivity index (χ0n) is 10.3. The van der Waals surface area contributed by atoms with Gasteiger partial charge in [0.05, 0.1) is 10.7 Å². The summed E-state index contributed by atoms with van der Waals surface area (Å²) in [5.41, 5.74) is 0.999. The quantitative estimate of drug-likeness (QED) is 0.879. The van der Waals surface area contributed by atoms with Gasteiger partial charge in [-0.2, -0.15) is 0 Å². The van der Waals surface area contributed by atoms with Gasteiger partial charge >= 0.3 is 5.97 Å². The molecule has 1 heterocycles. The molecule has 0 aliphatic heterocycles. The molecule has 0 aliphatic rings. The van der Waals surface area contributed by atoms with Gasteiger partial charge in [-0.1, -0.05) is 0 Å². The first-order chi connectivity index (χ1) is 7.34. The van der Waals surface area contributed by atoms with E-state index in [-0.39, 0.29) is 6.04 Å². The molecule has 0 saturated carbocycles. The van der Waals surface area contributed by atoms with E-state index in [2.05, 4.69) is 4.98 Å². The minimum atomic E-state index is -0.798. The molecule has 1 rings (SSSR count). The maximum Gasteiger partial charge on any atom is 0.320 e. The molecule has 1 N–H and O–H groups in total. The van der Waals surface area contributed by atoms with Crippen molar-refractivity contribution in [2.45, 2.75) is 39.8 Å². The van der Waals surface area contributed by atoms with E-state index >= 15 is 0 Å². The Labute approximate surface area is 99.9 Å². The van der Waals surface area contributed by atoms with Crippen LogP contribution in [0.1, 0.15) is 35.5 Å². The molecule has 0 saturated heterocycles. The average molecular weight is 242 g/mol. The number of carboxylic acid groups (broad SMARTS) is 1. The van der Waals surface area contributed by atoms with Gasteiger partial charge in [0.2, 0.25) is 0 Å². The largest absolute Gasteiger partial charge is 0.480 e. The van der Waals surface area contributed by atoms with Crippen molar-refractivity contribution in [3.63, 3.8) is 0 Å². The third-order valence-corrected chi connectivity index (χ3v) is 4.14. The number of aliphatic carboxylic acids is 1. The van der Waals surface area contributed by atoms with Crippen molar-refractivity contribution >= 4 is 17.3 Å². The summed E-state index contributed by atoms with van der Waals surface area (Å²) in [5.74, 6) is -0.798. The van der Waals surface area contributed by atoms with Gasteiger partial charge < -0.3 is 5.11 Å². The molecule has 0 fully saturated rings. The van der Waals surface area contributed by atoms with E-state index in [1.807, 2.05) is 32.7 Å². The highest BCUT2D eigenvalue weighted by Crippen LogP contribution is 2.29. The summed E-state index contributed by atoms with van der Waals surface area (Å²) in [6.45, 7) is 7.64. The Kier molecular flexibility index (Phi) is 4.04. The highest BCUT2D eigenvalue weighted by molar-refractivity contribution is 7.11. The Hall–Kier alpha value is -0.940. The van der Waals surface area contributed by atoms with Gasteiger partial charge in [0.15, 0.2) is 0 Å². The summed E-state index contributed by atoms with van der Waals surface area (Å²) >= 11 is 1.63. The van der Waals surface area contributed by atoms with E-state index in [1.165, 1.54) is 0 Å². The van der Waals surface area contributed by atoms with Crippen LogP contribution in [-0.2, 0) is 4.79 Å². The average Bonchev–Trinajstić information content (AvgIpc) is 2.54. The summed E-state index contributed by atoms with van der Waals surface area (Å²) in [6, 6.07) is -0.408. The summed E-state index contributed by atoms with van der Waals surface area (Å²) in [4.78, 5) is 18.3. The van der Waals surface area contributed by atoms with Crippen LogP contribution >= 0.6 is 11.3 Å². The molecule has 0 aromatic carbocycles. The van der Waals surface area contributed by atoms with Crippen LogP contribution in [0.4, 0.5) is 0 Å². The monoisotopic (exact) mass is 242 g/mol. The topological polar surface area (TPSA) is 53.4 Å². The van der Waals surface area contributed by atoms with Crippen molar-refractivity contribution < 1.29 is 9.90 Å².